The summed E-state index contributed by atoms with van der Waals surface area (Å²) in [5.74, 6) is -1.48. The number of H-pyrrole nitrogens is 1. The van der Waals surface area contributed by atoms with Gasteiger partial charge in [0.05, 0.1) is 11.7 Å². The van der Waals surface area contributed by atoms with Gasteiger partial charge in [-0.2, -0.15) is 0 Å². The number of hydrogen-bond acceptors (Lipinski definition) is 4. The minimum Gasteiger partial charge on any atom is -0.459 e. The van der Waals surface area contributed by atoms with Gasteiger partial charge >= 0.3 is 5.97 Å². The van der Waals surface area contributed by atoms with Crippen LogP contribution in [-0.4, -0.2) is 28.9 Å². The molecule has 1 heterocycles. The zero-order valence-corrected chi connectivity index (χ0v) is 14.6. The van der Waals surface area contributed by atoms with E-state index in [0.29, 0.717) is 22.4 Å². The van der Waals surface area contributed by atoms with Crippen molar-refractivity contribution < 1.29 is 19.1 Å². The Kier molecular flexibility index (Phi) is 5.59. The van der Waals surface area contributed by atoms with Gasteiger partial charge < -0.3 is 9.72 Å². The smallest absolute Gasteiger partial charge is 0.340 e. The Morgan fingerprint density at radius 1 is 1.00 bits per heavy atom. The number of nitrogens with one attached hydrogen (secondary N) is 3. The van der Waals surface area contributed by atoms with Gasteiger partial charge in [-0.15, -0.1) is 0 Å². The number of aromatic nitrogens is 1. The summed E-state index contributed by atoms with van der Waals surface area (Å²) in [6, 6.07) is 8.50. The SMILES string of the molecule is Cc1[nH]c(C(=O)NNC(=O)c2ccccc2)c(C)c1C(=O)OC(C)C. The molecule has 0 aliphatic carbocycles. The van der Waals surface area contributed by atoms with Gasteiger partial charge in [-0.25, -0.2) is 4.79 Å². The predicted octanol–water partition coefficient (Wildman–Crippen LogP) is 2.27. The number of carbonyl (C=O) groups is 3. The number of esters is 1. The Hall–Kier alpha value is -3.09. The third kappa shape index (κ3) is 4.26. The minimum atomic E-state index is -0.548. The molecule has 0 bridgehead atoms. The second-order valence-electron chi connectivity index (χ2n) is 5.85. The quantitative estimate of drug-likeness (QED) is 0.585. The largest absolute Gasteiger partial charge is 0.459 e. The molecule has 0 spiro atoms. The van der Waals surface area contributed by atoms with E-state index >= 15 is 0 Å². The highest BCUT2D eigenvalue weighted by Crippen LogP contribution is 2.19. The third-order valence-electron chi connectivity index (χ3n) is 3.54. The van der Waals surface area contributed by atoms with Gasteiger partial charge in [0, 0.05) is 11.3 Å². The molecule has 0 fully saturated rings. The molecule has 3 N–H and O–H groups in total. The number of aryl methyl sites for hydroxylation is 1. The van der Waals surface area contributed by atoms with Crippen LogP contribution in [0.4, 0.5) is 0 Å². The topological polar surface area (TPSA) is 100 Å². The molecule has 0 aliphatic heterocycles. The maximum Gasteiger partial charge on any atom is 0.340 e. The van der Waals surface area contributed by atoms with E-state index in [1.54, 1.807) is 58.0 Å². The molecule has 2 rings (SSSR count). The number of rotatable bonds is 4. The van der Waals surface area contributed by atoms with Crippen molar-refractivity contribution in [1.82, 2.24) is 15.8 Å². The van der Waals surface area contributed by atoms with E-state index in [9.17, 15) is 14.4 Å². The Labute approximate surface area is 145 Å². The Morgan fingerprint density at radius 3 is 2.20 bits per heavy atom. The summed E-state index contributed by atoms with van der Waals surface area (Å²) in [5.41, 5.74) is 6.62. The van der Waals surface area contributed by atoms with Crippen LogP contribution < -0.4 is 10.9 Å². The highest BCUT2D eigenvalue weighted by Gasteiger charge is 2.23. The second kappa shape index (κ2) is 7.65. The summed E-state index contributed by atoms with van der Waals surface area (Å²) in [6.45, 7) is 6.83. The zero-order chi connectivity index (χ0) is 18.6. The second-order valence-corrected chi connectivity index (χ2v) is 5.85. The van der Waals surface area contributed by atoms with Gasteiger partial charge in [0.2, 0.25) is 0 Å². The van der Waals surface area contributed by atoms with E-state index in [0.717, 1.165) is 0 Å². The lowest BCUT2D eigenvalue weighted by molar-refractivity contribution is 0.0376. The van der Waals surface area contributed by atoms with Crippen molar-refractivity contribution in [2.45, 2.75) is 33.8 Å². The van der Waals surface area contributed by atoms with Gasteiger partial charge in [0.15, 0.2) is 0 Å². The summed E-state index contributed by atoms with van der Waals surface area (Å²) in [7, 11) is 0. The van der Waals surface area contributed by atoms with Crippen molar-refractivity contribution in [3.05, 3.63) is 58.4 Å². The van der Waals surface area contributed by atoms with Gasteiger partial charge in [-0.1, -0.05) is 18.2 Å². The van der Waals surface area contributed by atoms with Crippen molar-refractivity contribution in [2.75, 3.05) is 0 Å². The molecule has 0 radical (unpaired) electrons. The first-order valence-electron chi connectivity index (χ1n) is 7.87. The average molecular weight is 343 g/mol. The van der Waals surface area contributed by atoms with E-state index in [2.05, 4.69) is 15.8 Å². The van der Waals surface area contributed by atoms with Crippen LogP contribution in [0.1, 0.15) is 56.3 Å². The van der Waals surface area contributed by atoms with Crippen LogP contribution in [0.2, 0.25) is 0 Å². The molecule has 0 aliphatic rings. The minimum absolute atomic E-state index is 0.196. The fourth-order valence-corrected chi connectivity index (χ4v) is 2.39. The van der Waals surface area contributed by atoms with Gasteiger partial charge in [-0.05, 0) is 45.4 Å². The van der Waals surface area contributed by atoms with Crippen LogP contribution in [0, 0.1) is 13.8 Å². The Balaban J connectivity index is 2.10. The molecule has 2 amide bonds. The molecule has 0 atom stereocenters. The Morgan fingerprint density at radius 2 is 1.60 bits per heavy atom. The molecule has 1 aromatic carbocycles. The standard InChI is InChI=1S/C18H21N3O4/c1-10(2)25-18(24)14-11(3)15(19-12(14)4)17(23)21-20-16(22)13-8-6-5-7-9-13/h5-10,19H,1-4H3,(H,20,22)(H,21,23). The highest BCUT2D eigenvalue weighted by molar-refractivity contribution is 6.02. The van der Waals surface area contributed by atoms with Crippen LogP contribution in [0.15, 0.2) is 30.3 Å². The van der Waals surface area contributed by atoms with E-state index in [4.69, 9.17) is 4.74 Å². The van der Waals surface area contributed by atoms with Gasteiger partial charge in [0.25, 0.3) is 11.8 Å². The third-order valence-corrected chi connectivity index (χ3v) is 3.54. The number of hydrazine groups is 1. The van der Waals surface area contributed by atoms with Crippen molar-refractivity contribution in [1.29, 1.82) is 0 Å². The lowest BCUT2D eigenvalue weighted by Gasteiger charge is -2.09. The average Bonchev–Trinajstić information content (AvgIpc) is 2.87. The van der Waals surface area contributed by atoms with Crippen LogP contribution >= 0.6 is 0 Å². The molecule has 1 aromatic heterocycles. The van der Waals surface area contributed by atoms with Crippen molar-refractivity contribution in [3.8, 4) is 0 Å². The molecule has 7 heteroatoms. The Bertz CT molecular complexity index is 794. The maximum atomic E-state index is 12.3. The molecule has 2 aromatic rings. The number of aromatic amines is 1. The van der Waals surface area contributed by atoms with E-state index in [1.807, 2.05) is 0 Å². The molecule has 0 saturated carbocycles. The number of hydrogen-bond donors (Lipinski definition) is 3. The maximum absolute atomic E-state index is 12.3. The monoisotopic (exact) mass is 343 g/mol. The number of benzene rings is 1. The summed E-state index contributed by atoms with van der Waals surface area (Å²) in [5, 5.41) is 0. The fraction of sp³-hybridized carbons (Fsp3) is 0.278. The summed E-state index contributed by atoms with van der Waals surface area (Å²) in [4.78, 5) is 39.3. The lowest BCUT2D eigenvalue weighted by Crippen LogP contribution is -2.42. The number of carbonyl (C=O) groups excluding carboxylic acids is 3. The first-order chi connectivity index (χ1) is 11.8. The van der Waals surface area contributed by atoms with Crippen molar-refractivity contribution in [2.24, 2.45) is 0 Å². The first kappa shape index (κ1) is 18.3. The van der Waals surface area contributed by atoms with Crippen LogP contribution in [-0.2, 0) is 4.74 Å². The van der Waals surface area contributed by atoms with Crippen LogP contribution in [0.3, 0.4) is 0 Å². The van der Waals surface area contributed by atoms with E-state index < -0.39 is 17.8 Å². The van der Waals surface area contributed by atoms with Crippen LogP contribution in [0.25, 0.3) is 0 Å². The zero-order valence-electron chi connectivity index (χ0n) is 14.6. The summed E-state index contributed by atoms with van der Waals surface area (Å²) in [6.07, 6.45) is -0.261. The van der Waals surface area contributed by atoms with Crippen molar-refractivity contribution >= 4 is 17.8 Å². The molecule has 7 nitrogen and oxygen atoms in total. The molecule has 0 saturated heterocycles. The molecular weight excluding hydrogens is 322 g/mol. The van der Waals surface area contributed by atoms with Crippen LogP contribution in [0.5, 0.6) is 0 Å². The number of ether oxygens (including phenoxy) is 1. The summed E-state index contributed by atoms with van der Waals surface area (Å²) >= 11 is 0. The molecule has 0 unspecified atom stereocenters. The normalized spacial score (nSPS) is 10.4. The molecule has 132 valence electrons. The van der Waals surface area contributed by atoms with Gasteiger partial charge in [0.1, 0.15) is 5.69 Å². The first-order valence-corrected chi connectivity index (χ1v) is 7.87. The fourth-order valence-electron chi connectivity index (χ4n) is 2.39. The molecular formula is C18H21N3O4. The van der Waals surface area contributed by atoms with E-state index in [1.165, 1.54) is 0 Å². The van der Waals surface area contributed by atoms with E-state index in [-0.39, 0.29) is 11.8 Å². The van der Waals surface area contributed by atoms with Gasteiger partial charge in [-0.3, -0.25) is 20.4 Å². The predicted molar refractivity (Wildman–Crippen MR) is 92.2 cm³/mol. The van der Waals surface area contributed by atoms with Crippen molar-refractivity contribution in [3.63, 3.8) is 0 Å². The highest BCUT2D eigenvalue weighted by atomic mass is 16.5. The molecule has 25 heavy (non-hydrogen) atoms. The lowest BCUT2D eigenvalue weighted by atomic mass is 10.1. The summed E-state index contributed by atoms with van der Waals surface area (Å²) < 4.78 is 5.19. The number of amides is 2.